The van der Waals surface area contributed by atoms with Crippen LogP contribution in [0, 0.1) is 6.92 Å². The molecule has 2 aromatic carbocycles. The lowest BCUT2D eigenvalue weighted by Gasteiger charge is -2.30. The number of aryl methyl sites for hydroxylation is 1. The van der Waals surface area contributed by atoms with Gasteiger partial charge in [-0.05, 0) is 46.8 Å². The lowest BCUT2D eigenvalue weighted by molar-refractivity contribution is 0.182. The van der Waals surface area contributed by atoms with Crippen molar-refractivity contribution in [3.63, 3.8) is 0 Å². The maximum absolute atomic E-state index is 6.08. The monoisotopic (exact) mass is 422 g/mol. The van der Waals surface area contributed by atoms with Gasteiger partial charge in [0, 0.05) is 41.3 Å². The summed E-state index contributed by atoms with van der Waals surface area (Å²) in [5, 5.41) is 4.17. The van der Waals surface area contributed by atoms with Crippen LogP contribution in [-0.2, 0) is 0 Å². The Morgan fingerprint density at radius 1 is 0.867 bits per heavy atom. The lowest BCUT2D eigenvalue weighted by atomic mass is 10.0. The second-order valence-corrected chi connectivity index (χ2v) is 8.61. The van der Waals surface area contributed by atoms with Crippen LogP contribution in [0.15, 0.2) is 54.7 Å². The molecule has 1 N–H and O–H groups in total. The van der Waals surface area contributed by atoms with Gasteiger partial charge in [-0.15, -0.1) is 0 Å². The van der Waals surface area contributed by atoms with Gasteiger partial charge in [0.05, 0.1) is 17.6 Å². The van der Waals surface area contributed by atoms with Crippen molar-refractivity contribution < 1.29 is 0 Å². The maximum Gasteiger partial charge on any atom is 0.145 e. The molecule has 3 rings (SSSR count). The van der Waals surface area contributed by atoms with Gasteiger partial charge in [-0.25, -0.2) is 4.98 Å². The Morgan fingerprint density at radius 2 is 1.43 bits per heavy atom. The Hall–Kier alpha value is -2.43. The Kier molecular flexibility index (Phi) is 7.46. The number of benzene rings is 2. The number of anilines is 1. The van der Waals surface area contributed by atoms with Gasteiger partial charge in [0.2, 0.25) is 0 Å². The SMILES string of the molecule is Cc1ccc(-c2nc(NCCN(C(C)C)C(C)C)cnc2-c2ccc(Cl)cc2)cc1. The van der Waals surface area contributed by atoms with Crippen LogP contribution in [0.3, 0.4) is 0 Å². The summed E-state index contributed by atoms with van der Waals surface area (Å²) < 4.78 is 0. The van der Waals surface area contributed by atoms with Crippen molar-refractivity contribution >= 4 is 17.4 Å². The van der Waals surface area contributed by atoms with E-state index in [0.29, 0.717) is 17.1 Å². The van der Waals surface area contributed by atoms with Gasteiger partial charge in [0.1, 0.15) is 5.82 Å². The number of rotatable bonds is 8. The first kappa shape index (κ1) is 22.3. The van der Waals surface area contributed by atoms with Gasteiger partial charge in [-0.3, -0.25) is 9.88 Å². The van der Waals surface area contributed by atoms with E-state index in [9.17, 15) is 0 Å². The minimum Gasteiger partial charge on any atom is -0.367 e. The molecule has 1 aromatic heterocycles. The molecule has 158 valence electrons. The number of halogens is 1. The third-order valence-corrected chi connectivity index (χ3v) is 5.47. The fraction of sp³-hybridized carbons (Fsp3) is 0.360. The summed E-state index contributed by atoms with van der Waals surface area (Å²) in [6, 6.07) is 17.2. The highest BCUT2D eigenvalue weighted by Gasteiger charge is 2.14. The molecule has 0 spiro atoms. The maximum atomic E-state index is 6.08. The van der Waals surface area contributed by atoms with Crippen LogP contribution in [-0.4, -0.2) is 40.0 Å². The van der Waals surface area contributed by atoms with Gasteiger partial charge < -0.3 is 5.32 Å². The Morgan fingerprint density at radius 3 is 2.03 bits per heavy atom. The molecule has 0 radical (unpaired) electrons. The van der Waals surface area contributed by atoms with Crippen molar-refractivity contribution in [2.24, 2.45) is 0 Å². The lowest BCUT2D eigenvalue weighted by Crippen LogP contribution is -2.40. The van der Waals surface area contributed by atoms with Crippen molar-refractivity contribution in [3.8, 4) is 22.5 Å². The zero-order chi connectivity index (χ0) is 21.7. The van der Waals surface area contributed by atoms with Crippen LogP contribution in [0.25, 0.3) is 22.5 Å². The van der Waals surface area contributed by atoms with E-state index in [2.05, 4.69) is 69.1 Å². The van der Waals surface area contributed by atoms with E-state index in [1.807, 2.05) is 30.5 Å². The van der Waals surface area contributed by atoms with E-state index in [1.165, 1.54) is 5.56 Å². The number of nitrogens with zero attached hydrogens (tertiary/aromatic N) is 3. The van der Waals surface area contributed by atoms with Crippen LogP contribution < -0.4 is 5.32 Å². The molecule has 5 heteroatoms. The van der Waals surface area contributed by atoms with Gasteiger partial charge in [-0.2, -0.15) is 0 Å². The van der Waals surface area contributed by atoms with Gasteiger partial charge in [0.15, 0.2) is 0 Å². The summed E-state index contributed by atoms with van der Waals surface area (Å²) in [6.07, 6.45) is 1.82. The summed E-state index contributed by atoms with van der Waals surface area (Å²) in [7, 11) is 0. The average Bonchev–Trinajstić information content (AvgIpc) is 2.72. The topological polar surface area (TPSA) is 41.1 Å². The minimum atomic E-state index is 0.508. The number of nitrogens with one attached hydrogen (secondary N) is 1. The molecular weight excluding hydrogens is 392 g/mol. The first-order valence-electron chi connectivity index (χ1n) is 10.5. The Bertz CT molecular complexity index is 942. The molecule has 0 atom stereocenters. The number of hydrogen-bond acceptors (Lipinski definition) is 4. The standard InChI is InChI=1S/C25H31ClN4/c1-17(2)30(18(3)4)15-14-27-23-16-28-24(20-10-12-22(26)13-11-20)25(29-23)21-8-6-19(5)7-9-21/h6-13,16-18H,14-15H2,1-5H3,(H,27,29). The van der Waals surface area contributed by atoms with Crippen LogP contribution in [0.1, 0.15) is 33.3 Å². The Labute approximate surface area is 185 Å². The van der Waals surface area contributed by atoms with E-state index in [1.54, 1.807) is 0 Å². The van der Waals surface area contributed by atoms with Crippen molar-refractivity contribution in [3.05, 3.63) is 65.3 Å². The quantitative estimate of drug-likeness (QED) is 0.462. The van der Waals surface area contributed by atoms with E-state index >= 15 is 0 Å². The molecule has 0 bridgehead atoms. The molecule has 30 heavy (non-hydrogen) atoms. The number of hydrogen-bond donors (Lipinski definition) is 1. The highest BCUT2D eigenvalue weighted by atomic mass is 35.5. The molecule has 0 aliphatic carbocycles. The van der Waals surface area contributed by atoms with Crippen LogP contribution >= 0.6 is 11.6 Å². The predicted molar refractivity (Wildman–Crippen MR) is 128 cm³/mol. The molecule has 0 fully saturated rings. The van der Waals surface area contributed by atoms with Gasteiger partial charge in [0.25, 0.3) is 0 Å². The Balaban J connectivity index is 1.88. The smallest absolute Gasteiger partial charge is 0.145 e. The first-order valence-corrected chi connectivity index (χ1v) is 10.9. The summed E-state index contributed by atoms with van der Waals surface area (Å²) in [5.74, 6) is 0.788. The molecule has 4 nitrogen and oxygen atoms in total. The summed E-state index contributed by atoms with van der Waals surface area (Å²) in [4.78, 5) is 12.2. The highest BCUT2D eigenvalue weighted by molar-refractivity contribution is 6.30. The molecule has 0 saturated heterocycles. The van der Waals surface area contributed by atoms with Gasteiger partial charge in [-0.1, -0.05) is 53.6 Å². The van der Waals surface area contributed by atoms with Crippen LogP contribution in [0.2, 0.25) is 5.02 Å². The third kappa shape index (κ3) is 5.59. The molecule has 0 aliphatic heterocycles. The number of aromatic nitrogens is 2. The summed E-state index contributed by atoms with van der Waals surface area (Å²) >= 11 is 6.08. The molecular formula is C25H31ClN4. The molecule has 0 unspecified atom stereocenters. The zero-order valence-corrected chi connectivity index (χ0v) is 19.2. The summed E-state index contributed by atoms with van der Waals surface area (Å²) in [5.41, 5.74) is 4.99. The highest BCUT2D eigenvalue weighted by Crippen LogP contribution is 2.30. The zero-order valence-electron chi connectivity index (χ0n) is 18.5. The van der Waals surface area contributed by atoms with E-state index in [4.69, 9.17) is 21.6 Å². The first-order chi connectivity index (χ1) is 14.3. The van der Waals surface area contributed by atoms with Crippen LogP contribution in [0.5, 0.6) is 0 Å². The molecule has 3 aromatic rings. The van der Waals surface area contributed by atoms with Gasteiger partial charge >= 0.3 is 0 Å². The average molecular weight is 423 g/mol. The van der Waals surface area contributed by atoms with E-state index in [-0.39, 0.29) is 0 Å². The largest absolute Gasteiger partial charge is 0.367 e. The molecule has 0 aliphatic rings. The van der Waals surface area contributed by atoms with Crippen molar-refractivity contribution in [2.75, 3.05) is 18.4 Å². The van der Waals surface area contributed by atoms with E-state index in [0.717, 1.165) is 41.4 Å². The third-order valence-electron chi connectivity index (χ3n) is 5.22. The fourth-order valence-corrected chi connectivity index (χ4v) is 3.76. The van der Waals surface area contributed by atoms with E-state index < -0.39 is 0 Å². The second-order valence-electron chi connectivity index (χ2n) is 8.18. The van der Waals surface area contributed by atoms with Crippen molar-refractivity contribution in [1.29, 1.82) is 0 Å². The normalized spacial score (nSPS) is 11.5. The molecule has 1 heterocycles. The molecule has 0 saturated carbocycles. The van der Waals surface area contributed by atoms with Crippen molar-refractivity contribution in [2.45, 2.75) is 46.7 Å². The van der Waals surface area contributed by atoms with Crippen LogP contribution in [0.4, 0.5) is 5.82 Å². The van der Waals surface area contributed by atoms with Crippen molar-refractivity contribution in [1.82, 2.24) is 14.9 Å². The second kappa shape index (κ2) is 10.1. The molecule has 0 amide bonds. The fourth-order valence-electron chi connectivity index (χ4n) is 3.63. The minimum absolute atomic E-state index is 0.508. The predicted octanol–water partition coefficient (Wildman–Crippen LogP) is 6.30. The summed E-state index contributed by atoms with van der Waals surface area (Å²) in [6.45, 7) is 12.8.